The number of pyridine rings is 3. The molecule has 6 heterocycles. The Morgan fingerprint density at radius 3 is 2.52 bits per heavy atom. The zero-order valence-electron chi connectivity index (χ0n) is 22.1. The zero-order valence-corrected chi connectivity index (χ0v) is 22.1. The van der Waals surface area contributed by atoms with E-state index in [0.717, 1.165) is 70.2 Å². The van der Waals surface area contributed by atoms with E-state index in [1.165, 1.54) is 37.0 Å². The van der Waals surface area contributed by atoms with Gasteiger partial charge in [-0.3, -0.25) is 14.9 Å². The van der Waals surface area contributed by atoms with E-state index in [4.69, 9.17) is 10.1 Å². The van der Waals surface area contributed by atoms with Crippen LogP contribution in [0.3, 0.4) is 0 Å². The first-order valence-corrected chi connectivity index (χ1v) is 13.5. The van der Waals surface area contributed by atoms with Gasteiger partial charge in [0, 0.05) is 71.9 Å². The highest BCUT2D eigenvalue weighted by atomic mass is 19.1. The number of halogens is 1. The number of hydrogen-bond donors (Lipinski definition) is 2. The molecule has 200 valence electrons. The summed E-state index contributed by atoms with van der Waals surface area (Å²) in [6, 6.07) is 10.3. The fraction of sp³-hybridized carbons (Fsp3) is 0.226. The number of rotatable bonds is 5. The maximum Gasteiger partial charge on any atom is 0.158 e. The molecule has 8 nitrogen and oxygen atoms in total. The molecule has 2 N–H and O–H groups in total. The molecule has 0 unspecified atom stereocenters. The molecular formula is C31H28FN7O. The van der Waals surface area contributed by atoms with Crippen LogP contribution in [0.4, 0.5) is 4.39 Å². The van der Waals surface area contributed by atoms with E-state index in [1.807, 2.05) is 31.7 Å². The highest BCUT2D eigenvalue weighted by Crippen LogP contribution is 2.36. The Kier molecular flexibility index (Phi) is 6.00. The Bertz CT molecular complexity index is 1850. The average molecular weight is 534 g/mol. The summed E-state index contributed by atoms with van der Waals surface area (Å²) >= 11 is 0. The predicted octanol–water partition coefficient (Wildman–Crippen LogP) is 6.07. The molecule has 1 aromatic carbocycles. The minimum atomic E-state index is -0.508. The molecule has 1 fully saturated rings. The topological polar surface area (TPSA) is 95.7 Å². The third-order valence-electron chi connectivity index (χ3n) is 7.66. The molecule has 0 atom stereocenters. The first-order valence-electron chi connectivity index (χ1n) is 13.5. The van der Waals surface area contributed by atoms with E-state index in [2.05, 4.69) is 32.0 Å². The van der Waals surface area contributed by atoms with Crippen molar-refractivity contribution in [2.75, 3.05) is 13.1 Å². The van der Waals surface area contributed by atoms with E-state index >= 15 is 0 Å². The number of phenolic OH excluding ortho intramolecular Hbond substituents is 1. The molecule has 0 saturated carbocycles. The lowest BCUT2D eigenvalue weighted by Gasteiger charge is -2.26. The molecule has 0 aliphatic carbocycles. The largest absolute Gasteiger partial charge is 0.508 e. The minimum absolute atomic E-state index is 0.133. The number of fused-ring (bicyclic) bond motifs is 2. The van der Waals surface area contributed by atoms with Gasteiger partial charge in [-0.15, -0.1) is 0 Å². The van der Waals surface area contributed by atoms with Gasteiger partial charge in [-0.1, -0.05) is 6.42 Å². The van der Waals surface area contributed by atoms with Crippen LogP contribution in [0, 0.1) is 5.82 Å². The molecule has 0 bridgehead atoms. The highest BCUT2D eigenvalue weighted by molar-refractivity contribution is 6.00. The second kappa shape index (κ2) is 9.84. The summed E-state index contributed by atoms with van der Waals surface area (Å²) in [5.41, 5.74) is 7.57. The SMILES string of the molecule is Cn1nc(-c2cc3c(-c4cc(O)cc(F)c4)cncc3[nH]2)c2cc(-c3cncc(CN4CCCCC4)c3)cnc21. The minimum Gasteiger partial charge on any atom is -0.508 e. The Morgan fingerprint density at radius 2 is 1.68 bits per heavy atom. The second-order valence-corrected chi connectivity index (χ2v) is 10.5. The summed E-state index contributed by atoms with van der Waals surface area (Å²) in [4.78, 5) is 19.6. The molecule has 5 aromatic heterocycles. The van der Waals surface area contributed by atoms with Crippen molar-refractivity contribution < 1.29 is 9.50 Å². The molecule has 1 saturated heterocycles. The van der Waals surface area contributed by atoms with Crippen molar-refractivity contribution in [2.45, 2.75) is 25.8 Å². The van der Waals surface area contributed by atoms with Crippen molar-refractivity contribution in [1.29, 1.82) is 0 Å². The summed E-state index contributed by atoms with van der Waals surface area (Å²) in [5.74, 6) is -0.641. The molecule has 7 rings (SSSR count). The number of likely N-dealkylation sites (tertiary alicyclic amines) is 1. The fourth-order valence-corrected chi connectivity index (χ4v) is 5.74. The third-order valence-corrected chi connectivity index (χ3v) is 7.66. The molecule has 0 spiro atoms. The van der Waals surface area contributed by atoms with Crippen LogP contribution >= 0.6 is 0 Å². The lowest BCUT2D eigenvalue weighted by atomic mass is 10.0. The molecule has 6 aromatic rings. The van der Waals surface area contributed by atoms with Crippen molar-refractivity contribution in [3.05, 3.63) is 78.8 Å². The van der Waals surface area contributed by atoms with Gasteiger partial charge < -0.3 is 10.1 Å². The van der Waals surface area contributed by atoms with Gasteiger partial charge in [0.05, 0.1) is 17.4 Å². The molecule has 0 amide bonds. The molecule has 40 heavy (non-hydrogen) atoms. The van der Waals surface area contributed by atoms with E-state index < -0.39 is 5.82 Å². The van der Waals surface area contributed by atoms with Crippen molar-refractivity contribution in [1.82, 2.24) is 34.6 Å². The van der Waals surface area contributed by atoms with Crippen molar-refractivity contribution in [3.63, 3.8) is 0 Å². The second-order valence-electron chi connectivity index (χ2n) is 10.5. The maximum atomic E-state index is 14.1. The Balaban J connectivity index is 1.29. The summed E-state index contributed by atoms with van der Waals surface area (Å²) in [7, 11) is 1.88. The molecule has 1 aliphatic heterocycles. The number of aryl methyl sites for hydroxylation is 1. The zero-order chi connectivity index (χ0) is 27.2. The number of phenols is 1. The van der Waals surface area contributed by atoms with Crippen LogP contribution in [0.15, 0.2) is 67.4 Å². The highest BCUT2D eigenvalue weighted by Gasteiger charge is 2.18. The van der Waals surface area contributed by atoms with Gasteiger partial charge in [0.2, 0.25) is 0 Å². The number of nitrogens with one attached hydrogen (secondary N) is 1. The number of benzene rings is 1. The number of piperidine rings is 1. The smallest absolute Gasteiger partial charge is 0.158 e. The number of aromatic amines is 1. The lowest BCUT2D eigenvalue weighted by Crippen LogP contribution is -2.29. The van der Waals surface area contributed by atoms with E-state index in [1.54, 1.807) is 17.1 Å². The van der Waals surface area contributed by atoms with Gasteiger partial charge >= 0.3 is 0 Å². The Morgan fingerprint density at radius 1 is 0.850 bits per heavy atom. The number of nitrogens with zero attached hydrogens (tertiary/aromatic N) is 6. The van der Waals surface area contributed by atoms with Gasteiger partial charge in [-0.2, -0.15) is 5.10 Å². The monoisotopic (exact) mass is 533 g/mol. The summed E-state index contributed by atoms with van der Waals surface area (Å²) in [5, 5.41) is 16.5. The summed E-state index contributed by atoms with van der Waals surface area (Å²) in [6.45, 7) is 3.18. The molecule has 9 heteroatoms. The Labute approximate surface area is 230 Å². The van der Waals surface area contributed by atoms with Gasteiger partial charge in [0.25, 0.3) is 0 Å². The van der Waals surface area contributed by atoms with Gasteiger partial charge in [-0.05, 0) is 67.4 Å². The predicted molar refractivity (Wildman–Crippen MR) is 153 cm³/mol. The normalized spacial score (nSPS) is 14.3. The maximum absolute atomic E-state index is 14.1. The third kappa shape index (κ3) is 4.48. The number of aromatic nitrogens is 6. The Hall–Kier alpha value is -4.63. The summed E-state index contributed by atoms with van der Waals surface area (Å²) in [6.07, 6.45) is 12.9. The van der Waals surface area contributed by atoms with E-state index in [9.17, 15) is 9.50 Å². The van der Waals surface area contributed by atoms with Crippen LogP contribution in [-0.4, -0.2) is 52.8 Å². The van der Waals surface area contributed by atoms with Crippen LogP contribution in [0.25, 0.3) is 55.6 Å². The van der Waals surface area contributed by atoms with E-state index in [-0.39, 0.29) is 5.75 Å². The van der Waals surface area contributed by atoms with Crippen LogP contribution in [-0.2, 0) is 13.6 Å². The molecule has 1 aliphatic rings. The first kappa shape index (κ1) is 24.4. The van der Waals surface area contributed by atoms with E-state index in [0.29, 0.717) is 11.1 Å². The molecule has 0 radical (unpaired) electrons. The van der Waals surface area contributed by atoms with Gasteiger partial charge in [0.15, 0.2) is 5.65 Å². The number of H-pyrrole nitrogens is 1. The average Bonchev–Trinajstić information content (AvgIpc) is 3.54. The standard InChI is InChI=1S/C31H28FN7O/c1-38-31-26(10-22(15-35-31)21-7-19(13-33-14-21)18-39-5-3-2-4-6-39)30(37-38)28-12-25-27(16-34-17-29(25)36-28)20-8-23(32)11-24(40)9-20/h7-17,36,40H,2-6,18H2,1H3. The number of aromatic hydroxyl groups is 1. The van der Waals surface area contributed by atoms with Gasteiger partial charge in [0.1, 0.15) is 17.3 Å². The van der Waals surface area contributed by atoms with Crippen molar-refractivity contribution >= 4 is 21.9 Å². The van der Waals surface area contributed by atoms with Crippen molar-refractivity contribution in [3.8, 4) is 39.4 Å². The first-order chi connectivity index (χ1) is 19.5. The number of hydrogen-bond acceptors (Lipinski definition) is 6. The van der Waals surface area contributed by atoms with Crippen LogP contribution in [0.1, 0.15) is 24.8 Å². The quantitative estimate of drug-likeness (QED) is 0.279. The fourth-order valence-electron chi connectivity index (χ4n) is 5.74. The summed E-state index contributed by atoms with van der Waals surface area (Å²) < 4.78 is 15.8. The van der Waals surface area contributed by atoms with Gasteiger partial charge in [-0.25, -0.2) is 14.1 Å². The van der Waals surface area contributed by atoms with Crippen LogP contribution < -0.4 is 0 Å². The lowest BCUT2D eigenvalue weighted by molar-refractivity contribution is 0.220. The van der Waals surface area contributed by atoms with Crippen molar-refractivity contribution in [2.24, 2.45) is 7.05 Å². The van der Waals surface area contributed by atoms with Crippen LogP contribution in [0.2, 0.25) is 0 Å². The molecular weight excluding hydrogens is 505 g/mol. The van der Waals surface area contributed by atoms with Crippen LogP contribution in [0.5, 0.6) is 5.75 Å².